The summed E-state index contributed by atoms with van der Waals surface area (Å²) >= 11 is 6.11. The number of nitrogens with one attached hydrogen (secondary N) is 1. The maximum absolute atomic E-state index is 12.0. The van der Waals surface area contributed by atoms with E-state index in [-0.39, 0.29) is 29.3 Å². The average Bonchev–Trinajstić information content (AvgIpc) is 2.93. The minimum Gasteiger partial charge on any atom is -0.394 e. The first-order chi connectivity index (χ1) is 10.00. The van der Waals surface area contributed by atoms with Gasteiger partial charge in [0.1, 0.15) is 5.02 Å². The van der Waals surface area contributed by atoms with E-state index in [1.165, 1.54) is 17.5 Å². The fraction of sp³-hybridized carbons (Fsp3) is 0.714. The lowest BCUT2D eigenvalue weighted by Gasteiger charge is -2.36. The first-order valence-corrected chi connectivity index (χ1v) is 7.66. The van der Waals surface area contributed by atoms with Crippen LogP contribution in [-0.2, 0) is 6.54 Å². The van der Waals surface area contributed by atoms with Gasteiger partial charge in [-0.3, -0.25) is 4.79 Å². The fourth-order valence-corrected chi connectivity index (χ4v) is 3.13. The number of hydrogen-bond donors (Lipinski definition) is 2. The summed E-state index contributed by atoms with van der Waals surface area (Å²) in [5.74, 6) is 0. The molecule has 21 heavy (non-hydrogen) atoms. The van der Waals surface area contributed by atoms with Crippen molar-refractivity contribution in [2.24, 2.45) is 0 Å². The molecule has 1 aliphatic rings. The van der Waals surface area contributed by atoms with Crippen molar-refractivity contribution in [3.63, 3.8) is 0 Å². The number of anilines is 1. The topological polar surface area (TPSA) is 70.4 Å². The number of aromatic nitrogens is 2. The zero-order valence-corrected chi connectivity index (χ0v) is 13.4. The van der Waals surface area contributed by atoms with Gasteiger partial charge in [0, 0.05) is 12.1 Å². The van der Waals surface area contributed by atoms with E-state index in [9.17, 15) is 4.79 Å². The highest BCUT2D eigenvalue weighted by Crippen LogP contribution is 2.34. The van der Waals surface area contributed by atoms with Crippen LogP contribution in [0.5, 0.6) is 0 Å². The van der Waals surface area contributed by atoms with Gasteiger partial charge in [-0.2, -0.15) is 5.10 Å². The van der Waals surface area contributed by atoms with Crippen LogP contribution < -0.4 is 10.9 Å². The Morgan fingerprint density at radius 1 is 1.48 bits per heavy atom. The first-order valence-electron chi connectivity index (χ1n) is 7.28. The monoisotopic (exact) mass is 314 g/mol. The lowest BCUT2D eigenvalue weighted by atomic mass is 9.96. The Kier molecular flexibility index (Phi) is 5.24. The predicted molar refractivity (Wildman–Crippen MR) is 84.0 cm³/mol. The Morgan fingerprint density at radius 3 is 2.71 bits per heavy atom. The number of hydrogen-bond acceptors (Lipinski definition) is 5. The van der Waals surface area contributed by atoms with E-state index >= 15 is 0 Å². The van der Waals surface area contributed by atoms with Crippen LogP contribution in [-0.4, -0.2) is 52.6 Å². The molecule has 7 heteroatoms. The highest BCUT2D eigenvalue weighted by Gasteiger charge is 2.35. The highest BCUT2D eigenvalue weighted by atomic mass is 35.5. The molecule has 1 saturated carbocycles. The molecule has 1 aliphatic carbocycles. The Balaban J connectivity index is 2.13. The van der Waals surface area contributed by atoms with E-state index in [1.807, 2.05) is 0 Å². The van der Waals surface area contributed by atoms with E-state index in [0.717, 1.165) is 19.4 Å². The summed E-state index contributed by atoms with van der Waals surface area (Å²) in [6.07, 6.45) is 6.28. The molecule has 1 aromatic rings. The zero-order chi connectivity index (χ0) is 15.5. The molecule has 1 fully saturated rings. The molecule has 0 aliphatic heterocycles. The van der Waals surface area contributed by atoms with Crippen molar-refractivity contribution < 1.29 is 5.11 Å². The lowest BCUT2D eigenvalue weighted by molar-refractivity contribution is 0.172. The van der Waals surface area contributed by atoms with Gasteiger partial charge in [-0.1, -0.05) is 24.4 Å². The maximum atomic E-state index is 12.0. The molecule has 0 bridgehead atoms. The van der Waals surface area contributed by atoms with Crippen LogP contribution in [0.1, 0.15) is 25.7 Å². The Bertz CT molecular complexity index is 538. The van der Waals surface area contributed by atoms with Crippen molar-refractivity contribution in [2.75, 3.05) is 32.6 Å². The molecule has 0 spiro atoms. The highest BCUT2D eigenvalue weighted by molar-refractivity contribution is 6.32. The van der Waals surface area contributed by atoms with Crippen molar-refractivity contribution >= 4 is 17.3 Å². The van der Waals surface area contributed by atoms with Gasteiger partial charge in [0.25, 0.3) is 5.56 Å². The van der Waals surface area contributed by atoms with Crippen molar-refractivity contribution in [2.45, 2.75) is 37.8 Å². The van der Waals surface area contributed by atoms with E-state index in [0.29, 0.717) is 5.69 Å². The minimum absolute atomic E-state index is 0.114. The molecule has 0 saturated heterocycles. The van der Waals surface area contributed by atoms with Gasteiger partial charge in [0.05, 0.1) is 25.0 Å². The largest absolute Gasteiger partial charge is 0.394 e. The summed E-state index contributed by atoms with van der Waals surface area (Å²) in [7, 11) is 4.18. The van der Waals surface area contributed by atoms with Crippen molar-refractivity contribution in [3.05, 3.63) is 21.6 Å². The molecular weight excluding hydrogens is 292 g/mol. The summed E-state index contributed by atoms with van der Waals surface area (Å²) < 4.78 is 1.17. The second-order valence-corrected chi connectivity index (χ2v) is 6.18. The van der Waals surface area contributed by atoms with Crippen LogP contribution in [0.15, 0.2) is 11.0 Å². The van der Waals surface area contributed by atoms with Gasteiger partial charge in [0.2, 0.25) is 0 Å². The third-order valence-corrected chi connectivity index (χ3v) is 4.75. The first kappa shape index (κ1) is 16.3. The summed E-state index contributed by atoms with van der Waals surface area (Å²) in [5, 5.41) is 16.3. The smallest absolute Gasteiger partial charge is 0.287 e. The molecule has 0 atom stereocenters. The summed E-state index contributed by atoms with van der Waals surface area (Å²) in [5.41, 5.74) is 0.300. The molecule has 0 unspecified atom stereocenters. The van der Waals surface area contributed by atoms with Crippen molar-refractivity contribution in [1.82, 2.24) is 14.7 Å². The lowest BCUT2D eigenvalue weighted by Crippen LogP contribution is -2.47. The Labute approximate surface area is 129 Å². The number of aliphatic hydroxyl groups is 1. The van der Waals surface area contributed by atoms with Gasteiger partial charge >= 0.3 is 0 Å². The van der Waals surface area contributed by atoms with Gasteiger partial charge < -0.3 is 15.3 Å². The molecule has 0 amide bonds. The normalized spacial score (nSPS) is 17.4. The summed E-state index contributed by atoms with van der Waals surface area (Å²) in [4.78, 5) is 14.2. The van der Waals surface area contributed by atoms with Crippen LogP contribution in [0.3, 0.4) is 0 Å². The number of aliphatic hydroxyl groups excluding tert-OH is 1. The molecule has 2 N–H and O–H groups in total. The number of halogens is 1. The second-order valence-electron chi connectivity index (χ2n) is 5.80. The quantitative estimate of drug-likeness (QED) is 0.825. The van der Waals surface area contributed by atoms with Crippen LogP contribution in [0.4, 0.5) is 5.69 Å². The summed E-state index contributed by atoms with van der Waals surface area (Å²) in [6.45, 7) is 0.755. The van der Waals surface area contributed by atoms with Gasteiger partial charge in [-0.05, 0) is 26.9 Å². The van der Waals surface area contributed by atoms with Crippen molar-refractivity contribution in [3.8, 4) is 0 Å². The molecule has 1 aromatic heterocycles. The average molecular weight is 315 g/mol. The second kappa shape index (κ2) is 6.77. The molecular formula is C14H23ClN4O2. The van der Waals surface area contributed by atoms with Gasteiger partial charge in [0.15, 0.2) is 0 Å². The van der Waals surface area contributed by atoms with Gasteiger partial charge in [-0.25, -0.2) is 4.68 Å². The van der Waals surface area contributed by atoms with Gasteiger partial charge in [-0.15, -0.1) is 0 Å². The van der Waals surface area contributed by atoms with Crippen LogP contribution >= 0.6 is 11.6 Å². The van der Waals surface area contributed by atoms with E-state index < -0.39 is 0 Å². The van der Waals surface area contributed by atoms with Crippen molar-refractivity contribution in [1.29, 1.82) is 0 Å². The zero-order valence-electron chi connectivity index (χ0n) is 12.6. The Morgan fingerprint density at radius 2 is 2.14 bits per heavy atom. The van der Waals surface area contributed by atoms with Crippen LogP contribution in [0.2, 0.25) is 5.02 Å². The fourth-order valence-electron chi connectivity index (χ4n) is 2.92. The third kappa shape index (κ3) is 3.39. The van der Waals surface area contributed by atoms with E-state index in [4.69, 9.17) is 16.7 Å². The maximum Gasteiger partial charge on any atom is 0.287 e. The molecule has 1 heterocycles. The SMILES string of the molecule is CN(C)C1(CNc2cnn(CCO)c(=O)c2Cl)CCCC1. The van der Waals surface area contributed by atoms with E-state index in [2.05, 4.69) is 29.4 Å². The number of rotatable bonds is 6. The standard InChI is InChI=1S/C14H23ClN4O2/c1-18(2)14(5-3-4-6-14)10-16-11-9-17-19(7-8-20)13(21)12(11)15/h9,16,20H,3-8,10H2,1-2H3. The minimum atomic E-state index is -0.374. The molecule has 6 nitrogen and oxygen atoms in total. The molecule has 118 valence electrons. The van der Waals surface area contributed by atoms with Crippen LogP contribution in [0.25, 0.3) is 0 Å². The third-order valence-electron chi connectivity index (χ3n) is 4.39. The predicted octanol–water partition coefficient (Wildman–Crippen LogP) is 1.18. The molecule has 2 rings (SSSR count). The van der Waals surface area contributed by atoms with Crippen LogP contribution in [0, 0.1) is 0 Å². The molecule has 0 aromatic carbocycles. The Hall–Kier alpha value is -1.11. The van der Waals surface area contributed by atoms with E-state index in [1.54, 1.807) is 6.20 Å². The summed E-state index contributed by atoms with van der Waals surface area (Å²) in [6, 6.07) is 0. The molecule has 0 radical (unpaired) electrons. The number of likely N-dealkylation sites (N-methyl/N-ethyl adjacent to an activating group) is 1. The number of nitrogens with zero attached hydrogens (tertiary/aromatic N) is 3.